The molecule has 0 spiro atoms. The molecular weight excluding hydrogens is 394 g/mol. The lowest BCUT2D eigenvalue weighted by Gasteiger charge is -2.59. The highest BCUT2D eigenvalue weighted by atomic mass is 16.8. The summed E-state index contributed by atoms with van der Waals surface area (Å²) in [5.41, 5.74) is 4.45. The molecule has 2 N–H and O–H groups in total. The van der Waals surface area contributed by atoms with Gasteiger partial charge in [-0.3, -0.25) is 0 Å². The molecule has 0 aromatic heterocycles. The monoisotopic (exact) mass is 422 g/mol. The van der Waals surface area contributed by atoms with Gasteiger partial charge in [0.05, 0.1) is 14.1 Å². The summed E-state index contributed by atoms with van der Waals surface area (Å²) in [5.74, 6) is 0. The maximum atomic E-state index is 7.13. The van der Waals surface area contributed by atoms with E-state index in [0.29, 0.717) is 0 Å². The minimum Gasteiger partial charge on any atom is -0.383 e. The van der Waals surface area contributed by atoms with Crippen molar-refractivity contribution in [2.75, 3.05) is 14.1 Å². The lowest BCUT2D eigenvalue weighted by atomic mass is 9.37. The van der Waals surface area contributed by atoms with E-state index in [2.05, 4.69) is 111 Å². The van der Waals surface area contributed by atoms with Crippen LogP contribution in [-0.2, 0) is 9.51 Å². The molecule has 1 heterocycles. The van der Waals surface area contributed by atoms with Crippen molar-refractivity contribution in [1.82, 2.24) is 0 Å². The highest BCUT2D eigenvalue weighted by molar-refractivity contribution is 6.94. The van der Waals surface area contributed by atoms with Gasteiger partial charge < -0.3 is 19.5 Å². The van der Waals surface area contributed by atoms with Crippen molar-refractivity contribution >= 4 is 34.8 Å². The number of quaternary nitrogens is 2. The molecule has 1 saturated heterocycles. The van der Waals surface area contributed by atoms with Gasteiger partial charge in [-0.05, 0) is 0 Å². The Morgan fingerprint density at radius 3 is 0.844 bits per heavy atom. The molecule has 6 heteroatoms. The number of hydroxylamine groups is 2. The van der Waals surface area contributed by atoms with E-state index in [1.165, 1.54) is 0 Å². The second-order valence-corrected chi connectivity index (χ2v) is 8.67. The summed E-state index contributed by atoms with van der Waals surface area (Å²) in [4.78, 5) is 1.78. The molecule has 2 atom stereocenters. The zero-order valence-electron chi connectivity index (χ0n) is 18.5. The minimum absolute atomic E-state index is 0.890. The highest BCUT2D eigenvalue weighted by Gasteiger charge is 2.58. The quantitative estimate of drug-likeness (QED) is 0.431. The second-order valence-electron chi connectivity index (χ2n) is 8.67. The molecule has 4 nitrogen and oxygen atoms in total. The molecule has 1 fully saturated rings. The third kappa shape index (κ3) is 3.20. The Hall–Kier alpha value is -3.15. The van der Waals surface area contributed by atoms with Gasteiger partial charge >= 0.3 is 13.0 Å². The normalized spacial score (nSPS) is 21.7. The maximum absolute atomic E-state index is 7.13. The summed E-state index contributed by atoms with van der Waals surface area (Å²) in [5, 5.41) is 0. The van der Waals surface area contributed by atoms with Crippen molar-refractivity contribution in [3.8, 4) is 0 Å². The first-order chi connectivity index (χ1) is 15.7. The van der Waals surface area contributed by atoms with E-state index >= 15 is 0 Å². The molecule has 0 aliphatic carbocycles. The van der Waals surface area contributed by atoms with Crippen LogP contribution in [0.3, 0.4) is 0 Å². The molecule has 160 valence electrons. The van der Waals surface area contributed by atoms with Crippen molar-refractivity contribution in [1.29, 1.82) is 0 Å². The van der Waals surface area contributed by atoms with Crippen molar-refractivity contribution in [3.05, 3.63) is 121 Å². The summed E-state index contributed by atoms with van der Waals surface area (Å²) in [6.45, 7) is -3.40. The van der Waals surface area contributed by atoms with Crippen LogP contribution >= 0.6 is 0 Å². The third-order valence-corrected chi connectivity index (χ3v) is 6.95. The van der Waals surface area contributed by atoms with Gasteiger partial charge in [-0.15, -0.1) is 21.9 Å². The first-order valence-corrected chi connectivity index (χ1v) is 11.3. The molecule has 2 unspecified atom stereocenters. The largest absolute Gasteiger partial charge is 0.455 e. The smallest absolute Gasteiger partial charge is 0.383 e. The van der Waals surface area contributed by atoms with Gasteiger partial charge in [0.1, 0.15) is 0 Å². The zero-order valence-corrected chi connectivity index (χ0v) is 18.5. The standard InChI is InChI=1S/C26H28B2N2O2/c1-29-27(23-15-7-3-8-16-23,24-17-9-4-10-18-24)32-30(2)28(31-29,25-19-11-5-12-20-25)26-21-13-6-14-22-26/h3-22,29-30H,1-2H3. The van der Waals surface area contributed by atoms with Crippen molar-refractivity contribution in [2.24, 2.45) is 0 Å². The van der Waals surface area contributed by atoms with E-state index in [9.17, 15) is 0 Å². The Bertz CT molecular complexity index is 988. The average molecular weight is 422 g/mol. The van der Waals surface area contributed by atoms with Gasteiger partial charge in [0.2, 0.25) is 0 Å². The first-order valence-electron chi connectivity index (χ1n) is 11.3. The number of rotatable bonds is 4. The lowest BCUT2D eigenvalue weighted by Crippen LogP contribution is -3.42. The van der Waals surface area contributed by atoms with E-state index in [1.807, 2.05) is 24.3 Å². The van der Waals surface area contributed by atoms with E-state index < -0.39 is 13.0 Å². The van der Waals surface area contributed by atoms with Crippen LogP contribution in [0.1, 0.15) is 0 Å². The maximum Gasteiger partial charge on any atom is 0.455 e. The number of nitrogens with one attached hydrogen (secondary N) is 2. The summed E-state index contributed by atoms with van der Waals surface area (Å²) in [7, 11) is 4.16. The van der Waals surface area contributed by atoms with Gasteiger partial charge in [-0.25, -0.2) is 0 Å². The SMILES string of the molecule is C[NH+]1O[B-](c2ccccc2)(c2ccccc2)[NH+](C)O[B-]1(c1ccccc1)c1ccccc1. The number of hydrogen-bond acceptors (Lipinski definition) is 2. The molecule has 1 aliphatic heterocycles. The summed E-state index contributed by atoms with van der Waals surface area (Å²) in [6.07, 6.45) is 0. The van der Waals surface area contributed by atoms with Crippen LogP contribution in [0.2, 0.25) is 0 Å². The molecule has 0 bridgehead atoms. The molecule has 0 radical (unpaired) electrons. The van der Waals surface area contributed by atoms with Crippen molar-refractivity contribution in [2.45, 2.75) is 0 Å². The number of benzene rings is 4. The summed E-state index contributed by atoms with van der Waals surface area (Å²) >= 11 is 0. The van der Waals surface area contributed by atoms with Crippen LogP contribution in [0.15, 0.2) is 121 Å². The lowest BCUT2D eigenvalue weighted by molar-refractivity contribution is -1.08. The van der Waals surface area contributed by atoms with Crippen LogP contribution in [0.4, 0.5) is 0 Å². The van der Waals surface area contributed by atoms with Crippen molar-refractivity contribution in [3.63, 3.8) is 0 Å². The Morgan fingerprint density at radius 2 is 0.625 bits per heavy atom. The first kappa shape index (κ1) is 20.7. The van der Waals surface area contributed by atoms with Gasteiger partial charge in [0.15, 0.2) is 0 Å². The van der Waals surface area contributed by atoms with Gasteiger partial charge in [-0.2, -0.15) is 0 Å². The van der Waals surface area contributed by atoms with Crippen LogP contribution in [0.25, 0.3) is 0 Å². The molecule has 5 rings (SSSR count). The Morgan fingerprint density at radius 1 is 0.406 bits per heavy atom. The predicted octanol–water partition coefficient (Wildman–Crippen LogP) is -0.594. The average Bonchev–Trinajstić information content (AvgIpc) is 2.87. The highest BCUT2D eigenvalue weighted by Crippen LogP contribution is 2.07. The molecule has 1 aliphatic rings. The molecule has 4 aromatic rings. The second kappa shape index (κ2) is 8.41. The van der Waals surface area contributed by atoms with E-state index in [-0.39, 0.29) is 0 Å². The molecular formula is C26H28B2N2O2. The molecule has 32 heavy (non-hydrogen) atoms. The zero-order chi connectivity index (χ0) is 22.0. The van der Waals surface area contributed by atoms with Crippen LogP contribution in [0.5, 0.6) is 0 Å². The van der Waals surface area contributed by atoms with Crippen LogP contribution in [0, 0.1) is 0 Å². The summed E-state index contributed by atoms with van der Waals surface area (Å²) < 4.78 is 14.3. The van der Waals surface area contributed by atoms with E-state index in [4.69, 9.17) is 9.51 Å². The fraction of sp³-hybridized carbons (Fsp3) is 0.0769. The minimum atomic E-state index is -1.70. The topological polar surface area (TPSA) is 27.3 Å². The summed E-state index contributed by atoms with van der Waals surface area (Å²) in [6, 6.07) is 41.8. The van der Waals surface area contributed by atoms with Gasteiger partial charge in [-0.1, -0.05) is 121 Å². The van der Waals surface area contributed by atoms with Crippen molar-refractivity contribution < 1.29 is 19.5 Å². The Balaban J connectivity index is 1.71. The molecule has 4 aromatic carbocycles. The van der Waals surface area contributed by atoms with E-state index in [0.717, 1.165) is 31.8 Å². The van der Waals surface area contributed by atoms with Gasteiger partial charge in [0.25, 0.3) is 0 Å². The number of hydrogen-bond donors (Lipinski definition) is 2. The molecule has 0 saturated carbocycles. The van der Waals surface area contributed by atoms with E-state index in [1.54, 1.807) is 0 Å². The predicted molar refractivity (Wildman–Crippen MR) is 132 cm³/mol. The van der Waals surface area contributed by atoms with Crippen LogP contribution in [-0.4, -0.2) is 27.1 Å². The third-order valence-electron chi connectivity index (χ3n) is 6.95. The molecule has 0 amide bonds. The Labute approximate surface area is 189 Å². The van der Waals surface area contributed by atoms with Gasteiger partial charge in [0, 0.05) is 0 Å². The fourth-order valence-corrected chi connectivity index (χ4v) is 5.41. The van der Waals surface area contributed by atoms with Crippen LogP contribution < -0.4 is 31.8 Å². The fourth-order valence-electron chi connectivity index (χ4n) is 5.41. The Kier molecular flexibility index (Phi) is 5.45.